The molecule has 0 unspecified atom stereocenters. The number of anilines is 1. The maximum absolute atomic E-state index is 13.3. The molecule has 0 saturated carbocycles. The number of halogens is 3. The minimum Gasteiger partial charge on any atom is -0.385 e. The van der Waals surface area contributed by atoms with Crippen molar-refractivity contribution >= 4 is 52.4 Å². The number of hydrogen-bond donors (Lipinski definition) is 1. The molecule has 192 valence electrons. The monoisotopic (exact) mass is 550 g/mol. The highest BCUT2D eigenvalue weighted by atomic mass is 35.5. The lowest BCUT2D eigenvalue weighted by atomic mass is 9.92. The molecule has 0 spiro atoms. The van der Waals surface area contributed by atoms with Crippen LogP contribution >= 0.6 is 34.8 Å². The number of para-hydroxylation sites is 1. The van der Waals surface area contributed by atoms with E-state index in [0.717, 1.165) is 5.69 Å². The number of nitrogens with zero attached hydrogens (tertiary/aromatic N) is 3. The summed E-state index contributed by atoms with van der Waals surface area (Å²) in [5.41, 5.74) is 1.41. The number of benzene rings is 2. The second-order valence-corrected chi connectivity index (χ2v) is 10.5. The van der Waals surface area contributed by atoms with Crippen LogP contribution < -0.4 is 5.32 Å². The highest BCUT2D eigenvalue weighted by Gasteiger charge is 2.25. The maximum Gasteiger partial charge on any atom is 0.255 e. The molecule has 0 saturated heterocycles. The summed E-state index contributed by atoms with van der Waals surface area (Å²) >= 11 is 18.7. The molecule has 0 bridgehead atoms. The third-order valence-electron chi connectivity index (χ3n) is 5.39. The van der Waals surface area contributed by atoms with Crippen LogP contribution in [0.15, 0.2) is 48.5 Å². The molecule has 0 aliphatic heterocycles. The number of carbonyl (C=O) groups excluding carboxylic acids is 2. The van der Waals surface area contributed by atoms with E-state index in [1.165, 1.54) is 11.0 Å². The first-order valence-corrected chi connectivity index (χ1v) is 12.5. The zero-order chi connectivity index (χ0) is 26.5. The van der Waals surface area contributed by atoms with E-state index < -0.39 is 0 Å². The van der Waals surface area contributed by atoms with E-state index in [4.69, 9.17) is 44.6 Å². The fourth-order valence-corrected chi connectivity index (χ4v) is 4.19. The van der Waals surface area contributed by atoms with Crippen LogP contribution in [0.5, 0.6) is 0 Å². The molecule has 0 aliphatic rings. The topological polar surface area (TPSA) is 76.5 Å². The van der Waals surface area contributed by atoms with Crippen molar-refractivity contribution in [2.24, 2.45) is 0 Å². The number of carbonyl (C=O) groups is 2. The van der Waals surface area contributed by atoms with Gasteiger partial charge in [-0.15, -0.1) is 0 Å². The zero-order valence-electron chi connectivity index (χ0n) is 20.6. The number of nitrogens with one attached hydrogen (secondary N) is 1. The quantitative estimate of drug-likeness (QED) is 0.319. The molecule has 7 nitrogen and oxygen atoms in total. The molecule has 2 aromatic carbocycles. The van der Waals surface area contributed by atoms with Crippen LogP contribution in [0.2, 0.25) is 15.1 Å². The van der Waals surface area contributed by atoms with Crippen molar-refractivity contribution in [1.29, 1.82) is 0 Å². The van der Waals surface area contributed by atoms with Gasteiger partial charge >= 0.3 is 0 Å². The average molecular weight is 552 g/mol. The predicted molar refractivity (Wildman–Crippen MR) is 145 cm³/mol. The fraction of sp³-hybridized carbons (Fsp3) is 0.346. The SMILES string of the molecule is COCCCN(CC(=O)Nc1cc(C(C)(C)C)nn1-c1ccccc1Cl)C(=O)c1ccc(Cl)cc1Cl. The fourth-order valence-electron chi connectivity index (χ4n) is 3.48. The van der Waals surface area contributed by atoms with E-state index in [1.807, 2.05) is 45.0 Å². The molecule has 3 aromatic rings. The van der Waals surface area contributed by atoms with E-state index in [1.54, 1.807) is 30.0 Å². The minimum absolute atomic E-state index is 0.194. The molecule has 0 aliphatic carbocycles. The molecule has 1 aromatic heterocycles. The van der Waals surface area contributed by atoms with Gasteiger partial charge in [0.15, 0.2) is 0 Å². The maximum atomic E-state index is 13.3. The summed E-state index contributed by atoms with van der Waals surface area (Å²) < 4.78 is 6.73. The molecular formula is C26H29Cl3N4O3. The summed E-state index contributed by atoms with van der Waals surface area (Å²) in [6.45, 7) is 6.64. The summed E-state index contributed by atoms with van der Waals surface area (Å²) in [4.78, 5) is 27.9. The summed E-state index contributed by atoms with van der Waals surface area (Å²) in [5.74, 6) is -0.315. The van der Waals surface area contributed by atoms with Crippen LogP contribution in [0.4, 0.5) is 5.82 Å². The Morgan fingerprint density at radius 1 is 1.06 bits per heavy atom. The number of amides is 2. The Morgan fingerprint density at radius 3 is 2.42 bits per heavy atom. The number of hydrogen-bond acceptors (Lipinski definition) is 4. The largest absolute Gasteiger partial charge is 0.385 e. The van der Waals surface area contributed by atoms with Crippen LogP contribution in [0, 0.1) is 0 Å². The van der Waals surface area contributed by atoms with Gasteiger partial charge in [0.1, 0.15) is 12.4 Å². The van der Waals surface area contributed by atoms with Crippen molar-refractivity contribution in [3.05, 3.63) is 74.9 Å². The number of aromatic nitrogens is 2. The number of methoxy groups -OCH3 is 1. The van der Waals surface area contributed by atoms with Crippen LogP contribution in [0.3, 0.4) is 0 Å². The Morgan fingerprint density at radius 2 is 1.78 bits per heavy atom. The van der Waals surface area contributed by atoms with Crippen molar-refractivity contribution in [3.8, 4) is 5.69 Å². The molecule has 0 fully saturated rings. The Bertz CT molecular complexity index is 1240. The number of rotatable bonds is 9. The molecule has 36 heavy (non-hydrogen) atoms. The lowest BCUT2D eigenvalue weighted by Crippen LogP contribution is -2.39. The molecular weight excluding hydrogens is 523 g/mol. The highest BCUT2D eigenvalue weighted by Crippen LogP contribution is 2.29. The van der Waals surface area contributed by atoms with E-state index in [-0.39, 0.29) is 34.4 Å². The molecule has 0 radical (unpaired) electrons. The predicted octanol–water partition coefficient (Wildman–Crippen LogP) is 6.25. The van der Waals surface area contributed by atoms with Gasteiger partial charge in [-0.3, -0.25) is 9.59 Å². The van der Waals surface area contributed by atoms with E-state index in [9.17, 15) is 9.59 Å². The second kappa shape index (κ2) is 12.1. The van der Waals surface area contributed by atoms with Gasteiger partial charge in [0, 0.05) is 36.8 Å². The first kappa shape index (κ1) is 28.0. The van der Waals surface area contributed by atoms with Crippen LogP contribution in [0.25, 0.3) is 5.69 Å². The van der Waals surface area contributed by atoms with Gasteiger partial charge in [-0.05, 0) is 36.8 Å². The van der Waals surface area contributed by atoms with Crippen LogP contribution in [-0.2, 0) is 14.9 Å². The van der Waals surface area contributed by atoms with Crippen molar-refractivity contribution in [2.75, 3.05) is 32.1 Å². The molecule has 2 amide bonds. The van der Waals surface area contributed by atoms with Crippen LogP contribution in [-0.4, -0.2) is 53.3 Å². The van der Waals surface area contributed by atoms with Gasteiger partial charge in [0.2, 0.25) is 5.91 Å². The lowest BCUT2D eigenvalue weighted by molar-refractivity contribution is -0.117. The standard InChI is InChI=1S/C26H29Cl3N4O3/c1-26(2,3)22-15-23(33(31-22)21-9-6-5-8-19(21)28)30-24(34)16-32(12-7-13-36-4)25(35)18-11-10-17(27)14-20(18)29/h5-6,8-11,14-15H,7,12-13,16H2,1-4H3,(H,30,34). The summed E-state index contributed by atoms with van der Waals surface area (Å²) in [6, 6.07) is 13.7. The van der Waals surface area contributed by atoms with Gasteiger partial charge in [-0.25, -0.2) is 4.68 Å². The first-order chi connectivity index (χ1) is 17.0. The molecule has 10 heteroatoms. The number of ether oxygens (including phenoxy) is 1. The second-order valence-electron chi connectivity index (χ2n) is 9.27. The van der Waals surface area contributed by atoms with Gasteiger partial charge in [-0.1, -0.05) is 67.7 Å². The molecule has 0 atom stereocenters. The van der Waals surface area contributed by atoms with Gasteiger partial charge in [-0.2, -0.15) is 5.10 Å². The van der Waals surface area contributed by atoms with Crippen LogP contribution in [0.1, 0.15) is 43.2 Å². The average Bonchev–Trinajstić information content (AvgIpc) is 3.22. The summed E-state index contributed by atoms with van der Waals surface area (Å²) in [6.07, 6.45) is 0.548. The zero-order valence-corrected chi connectivity index (χ0v) is 22.9. The van der Waals surface area contributed by atoms with E-state index in [0.29, 0.717) is 41.1 Å². The summed E-state index contributed by atoms with van der Waals surface area (Å²) in [7, 11) is 1.58. The Labute approximate surface area is 226 Å². The first-order valence-electron chi connectivity index (χ1n) is 11.4. The smallest absolute Gasteiger partial charge is 0.255 e. The van der Waals surface area contributed by atoms with Crippen molar-refractivity contribution in [1.82, 2.24) is 14.7 Å². The third-order valence-corrected chi connectivity index (χ3v) is 6.25. The van der Waals surface area contributed by atoms with Gasteiger partial charge < -0.3 is 15.0 Å². The van der Waals surface area contributed by atoms with E-state index >= 15 is 0 Å². The van der Waals surface area contributed by atoms with Gasteiger partial charge in [0.25, 0.3) is 5.91 Å². The molecule has 1 N–H and O–H groups in total. The summed E-state index contributed by atoms with van der Waals surface area (Å²) in [5, 5.41) is 8.73. The minimum atomic E-state index is -0.389. The molecule has 3 rings (SSSR count). The Balaban J connectivity index is 1.88. The molecule has 1 heterocycles. The lowest BCUT2D eigenvalue weighted by Gasteiger charge is -2.23. The van der Waals surface area contributed by atoms with Crippen molar-refractivity contribution in [3.63, 3.8) is 0 Å². The van der Waals surface area contributed by atoms with Crippen molar-refractivity contribution < 1.29 is 14.3 Å². The third kappa shape index (κ3) is 7.01. The van der Waals surface area contributed by atoms with Gasteiger partial charge in [0.05, 0.1) is 27.0 Å². The Hall–Kier alpha value is -2.58. The Kier molecular flexibility index (Phi) is 9.41. The van der Waals surface area contributed by atoms with E-state index in [2.05, 4.69) is 5.32 Å². The normalized spacial score (nSPS) is 11.4. The highest BCUT2D eigenvalue weighted by molar-refractivity contribution is 6.36. The van der Waals surface area contributed by atoms with Crippen molar-refractivity contribution in [2.45, 2.75) is 32.6 Å².